The first-order valence-corrected chi connectivity index (χ1v) is 14.9. The fraction of sp³-hybridized carbons (Fsp3) is 0.677. The van der Waals surface area contributed by atoms with Gasteiger partial charge in [0, 0.05) is 38.2 Å². The molecule has 4 aliphatic rings. The average Bonchev–Trinajstić information content (AvgIpc) is 3.59. The average molecular weight is 586 g/mol. The third-order valence-corrected chi connectivity index (χ3v) is 10.00. The highest BCUT2D eigenvalue weighted by atomic mass is 19.1. The number of fused-ring (bicyclic) bond motifs is 2. The molecule has 2 amide bonds. The predicted molar refractivity (Wildman–Crippen MR) is 149 cm³/mol. The van der Waals surface area contributed by atoms with Gasteiger partial charge in [0.25, 0.3) is 5.91 Å². The maximum atomic E-state index is 15.1. The summed E-state index contributed by atoms with van der Waals surface area (Å²) in [4.78, 5) is 38.6. The van der Waals surface area contributed by atoms with Crippen molar-refractivity contribution in [3.63, 3.8) is 0 Å². The molecular formula is C31H40FN3O7. The zero-order valence-electron chi connectivity index (χ0n) is 24.2. The van der Waals surface area contributed by atoms with E-state index in [-0.39, 0.29) is 65.9 Å². The summed E-state index contributed by atoms with van der Waals surface area (Å²) >= 11 is 0. The molecule has 3 saturated carbocycles. The summed E-state index contributed by atoms with van der Waals surface area (Å²) in [6, 6.07) is 4.66. The van der Waals surface area contributed by atoms with Gasteiger partial charge < -0.3 is 30.0 Å². The molecule has 4 fully saturated rings. The molecule has 3 N–H and O–H groups in total. The lowest BCUT2D eigenvalue weighted by atomic mass is 9.75. The van der Waals surface area contributed by atoms with E-state index in [0.29, 0.717) is 38.9 Å². The summed E-state index contributed by atoms with van der Waals surface area (Å²) in [5.74, 6) is -1.26. The number of nitriles is 1. The van der Waals surface area contributed by atoms with Crippen molar-refractivity contribution in [2.45, 2.75) is 82.5 Å². The number of carbonyl (C=O) groups is 3. The first kappa shape index (κ1) is 30.1. The molecule has 1 aliphatic heterocycles. The second kappa shape index (κ2) is 12.1. The predicted octanol–water partition coefficient (Wildman–Crippen LogP) is 3.76. The fourth-order valence-electron chi connectivity index (χ4n) is 7.21. The summed E-state index contributed by atoms with van der Waals surface area (Å²) in [6.07, 6.45) is 4.73. The number of carbonyl (C=O) groups excluding carboxylic acids is 2. The van der Waals surface area contributed by atoms with Crippen molar-refractivity contribution in [1.82, 2.24) is 10.6 Å². The van der Waals surface area contributed by atoms with E-state index < -0.39 is 34.9 Å². The normalized spacial score (nSPS) is 31.5. The van der Waals surface area contributed by atoms with Crippen molar-refractivity contribution >= 4 is 17.8 Å². The van der Waals surface area contributed by atoms with Gasteiger partial charge in [-0.15, -0.1) is 0 Å². The second-order valence-electron chi connectivity index (χ2n) is 12.7. The lowest BCUT2D eigenvalue weighted by molar-refractivity contribution is -0.150. The Kier molecular flexibility index (Phi) is 8.65. The number of benzene rings is 1. The highest BCUT2D eigenvalue weighted by Crippen LogP contribution is 2.49. The Morgan fingerprint density at radius 1 is 1.10 bits per heavy atom. The van der Waals surface area contributed by atoms with E-state index in [2.05, 4.69) is 16.7 Å². The van der Waals surface area contributed by atoms with E-state index in [4.69, 9.17) is 14.2 Å². The molecule has 3 aliphatic carbocycles. The van der Waals surface area contributed by atoms with E-state index >= 15 is 4.39 Å². The number of halogens is 1. The lowest BCUT2D eigenvalue weighted by Gasteiger charge is -2.34. The van der Waals surface area contributed by atoms with Crippen LogP contribution in [0.1, 0.15) is 80.6 Å². The quantitative estimate of drug-likeness (QED) is 0.397. The molecule has 0 radical (unpaired) electrons. The number of carboxylic acids is 1. The standard InChI is InChI=1S/C31H40FN3O7/c1-30(29(38)39)7-5-21(6-8-30)42-23-15-22(24(40-2)14-20(23)16-33)27(36)35-26-19-4-3-18(13-19)25(26)28(37)34-17-31(32)9-11-41-12-10-31/h14-15,18-19,21,25-26H,3-13,17H2,1-2H3,(H,34,37)(H,35,36)(H,38,39)/t18-,19+,21?,25+,26-,30?/m1/s1. The van der Waals surface area contributed by atoms with Crippen LogP contribution in [0.3, 0.4) is 0 Å². The van der Waals surface area contributed by atoms with Gasteiger partial charge in [-0.05, 0) is 69.8 Å². The molecule has 0 spiro atoms. The van der Waals surface area contributed by atoms with Crippen LogP contribution in [0.15, 0.2) is 12.1 Å². The van der Waals surface area contributed by atoms with Crippen molar-refractivity contribution < 1.29 is 38.1 Å². The number of hydrogen-bond donors (Lipinski definition) is 3. The number of ether oxygens (including phenoxy) is 3. The van der Waals surface area contributed by atoms with E-state index in [1.165, 1.54) is 19.2 Å². The SMILES string of the molecule is COc1cc(C#N)c(OC2CCC(C)(C(=O)O)CC2)cc1C(=O)N[C@@H]1[C@H]2CC[C@H](C2)[C@@H]1C(=O)NCC1(F)CCOCC1. The third kappa shape index (κ3) is 6.05. The Hall–Kier alpha value is -3.39. The molecule has 2 bridgehead atoms. The summed E-state index contributed by atoms with van der Waals surface area (Å²) in [7, 11) is 1.42. The molecule has 1 heterocycles. The number of nitrogens with zero attached hydrogens (tertiary/aromatic N) is 1. The molecule has 5 rings (SSSR count). The minimum Gasteiger partial charge on any atom is -0.496 e. The third-order valence-electron chi connectivity index (χ3n) is 10.00. The van der Waals surface area contributed by atoms with Crippen molar-refractivity contribution in [3.8, 4) is 17.6 Å². The Bertz CT molecular complexity index is 1250. The summed E-state index contributed by atoms with van der Waals surface area (Å²) < 4.78 is 32.0. The van der Waals surface area contributed by atoms with Gasteiger partial charge in [-0.1, -0.05) is 0 Å². The van der Waals surface area contributed by atoms with E-state index in [0.717, 1.165) is 19.3 Å². The van der Waals surface area contributed by atoms with Gasteiger partial charge in [0.15, 0.2) is 0 Å². The number of aliphatic carboxylic acids is 1. The van der Waals surface area contributed by atoms with Gasteiger partial charge in [0.2, 0.25) is 5.91 Å². The molecule has 4 atom stereocenters. The summed E-state index contributed by atoms with van der Waals surface area (Å²) in [5, 5.41) is 25.2. The number of carboxylic acid groups (broad SMARTS) is 1. The molecule has 1 aromatic rings. The minimum atomic E-state index is -1.49. The molecule has 0 unspecified atom stereocenters. The number of nitrogens with one attached hydrogen (secondary N) is 2. The molecule has 1 aromatic carbocycles. The van der Waals surface area contributed by atoms with Crippen LogP contribution in [-0.4, -0.2) is 67.6 Å². The first-order valence-electron chi connectivity index (χ1n) is 14.9. The molecule has 11 heteroatoms. The number of methoxy groups -OCH3 is 1. The monoisotopic (exact) mass is 585 g/mol. The summed E-state index contributed by atoms with van der Waals surface area (Å²) in [5.41, 5.74) is -1.90. The van der Waals surface area contributed by atoms with Gasteiger partial charge in [0.1, 0.15) is 23.2 Å². The van der Waals surface area contributed by atoms with Gasteiger partial charge >= 0.3 is 5.97 Å². The molecule has 42 heavy (non-hydrogen) atoms. The van der Waals surface area contributed by atoms with Gasteiger partial charge in [0.05, 0.1) is 42.2 Å². The Labute approximate surface area is 245 Å². The van der Waals surface area contributed by atoms with Crippen LogP contribution in [-0.2, 0) is 14.3 Å². The number of rotatable bonds is 9. The smallest absolute Gasteiger partial charge is 0.309 e. The Balaban J connectivity index is 1.30. The maximum Gasteiger partial charge on any atom is 0.309 e. The van der Waals surface area contributed by atoms with Gasteiger partial charge in [-0.3, -0.25) is 14.4 Å². The molecule has 0 aromatic heterocycles. The van der Waals surface area contributed by atoms with Gasteiger partial charge in [-0.2, -0.15) is 5.26 Å². The van der Waals surface area contributed by atoms with Crippen LogP contribution >= 0.6 is 0 Å². The second-order valence-corrected chi connectivity index (χ2v) is 12.7. The topological polar surface area (TPSA) is 147 Å². The van der Waals surface area contributed by atoms with Crippen molar-refractivity contribution in [1.29, 1.82) is 5.26 Å². The maximum absolute atomic E-state index is 15.1. The zero-order valence-corrected chi connectivity index (χ0v) is 24.2. The van der Waals surface area contributed by atoms with Crippen LogP contribution in [0.4, 0.5) is 4.39 Å². The van der Waals surface area contributed by atoms with E-state index in [1.54, 1.807) is 6.92 Å². The zero-order chi connectivity index (χ0) is 30.1. The number of amides is 2. The van der Waals surface area contributed by atoms with Crippen molar-refractivity contribution in [2.24, 2.45) is 23.2 Å². The number of alkyl halides is 1. The minimum absolute atomic E-state index is 0.0688. The summed E-state index contributed by atoms with van der Waals surface area (Å²) in [6.45, 7) is 2.33. The molecule has 10 nitrogen and oxygen atoms in total. The highest BCUT2D eigenvalue weighted by molar-refractivity contribution is 5.98. The first-order chi connectivity index (χ1) is 20.1. The van der Waals surface area contributed by atoms with E-state index in [1.807, 2.05) is 0 Å². The fourth-order valence-corrected chi connectivity index (χ4v) is 7.21. The Morgan fingerprint density at radius 3 is 2.43 bits per heavy atom. The van der Waals surface area contributed by atoms with Crippen LogP contribution in [0.25, 0.3) is 0 Å². The van der Waals surface area contributed by atoms with Crippen LogP contribution in [0, 0.1) is 34.5 Å². The van der Waals surface area contributed by atoms with E-state index in [9.17, 15) is 24.8 Å². The lowest BCUT2D eigenvalue weighted by Crippen LogP contribution is -2.52. The largest absolute Gasteiger partial charge is 0.496 e. The highest BCUT2D eigenvalue weighted by Gasteiger charge is 2.52. The van der Waals surface area contributed by atoms with Crippen LogP contribution in [0.2, 0.25) is 0 Å². The molecule has 228 valence electrons. The molecule has 1 saturated heterocycles. The van der Waals surface area contributed by atoms with Crippen molar-refractivity contribution in [3.05, 3.63) is 23.3 Å². The van der Waals surface area contributed by atoms with Crippen LogP contribution < -0.4 is 20.1 Å². The van der Waals surface area contributed by atoms with Gasteiger partial charge in [-0.25, -0.2) is 4.39 Å². The Morgan fingerprint density at radius 2 is 1.79 bits per heavy atom. The number of hydrogen-bond acceptors (Lipinski definition) is 7. The van der Waals surface area contributed by atoms with Crippen molar-refractivity contribution in [2.75, 3.05) is 26.9 Å². The molecular weight excluding hydrogens is 545 g/mol. The van der Waals surface area contributed by atoms with Crippen LogP contribution in [0.5, 0.6) is 11.5 Å².